The predicted octanol–water partition coefficient (Wildman–Crippen LogP) is 1.52. The van der Waals surface area contributed by atoms with Crippen LogP contribution in [0.25, 0.3) is 0 Å². The van der Waals surface area contributed by atoms with Gasteiger partial charge in [0.2, 0.25) is 5.91 Å². The standard InChI is InChI=1S/C18H25N5O.ClH/c1-14-13-23(22-21-14)9-8-20-18(24)11-16-4-2-15(3-5-16)10-17-6-7-19-12-17;/h2-5,13,17,19H,6-12H2,1H3,(H,20,24);1H. The lowest BCUT2D eigenvalue weighted by Crippen LogP contribution is -2.28. The lowest BCUT2D eigenvalue weighted by atomic mass is 9.97. The van der Waals surface area contributed by atoms with Crippen molar-refractivity contribution in [2.75, 3.05) is 19.6 Å². The summed E-state index contributed by atoms with van der Waals surface area (Å²) in [7, 11) is 0. The van der Waals surface area contributed by atoms with E-state index in [2.05, 4.69) is 45.2 Å². The van der Waals surface area contributed by atoms with Crippen LogP contribution in [0.2, 0.25) is 0 Å². The maximum Gasteiger partial charge on any atom is 0.224 e. The number of hydrogen-bond acceptors (Lipinski definition) is 4. The molecule has 25 heavy (non-hydrogen) atoms. The third-order valence-electron chi connectivity index (χ3n) is 4.39. The fraction of sp³-hybridized carbons (Fsp3) is 0.500. The number of benzene rings is 1. The highest BCUT2D eigenvalue weighted by Gasteiger charge is 2.14. The van der Waals surface area contributed by atoms with Crippen LogP contribution in [0.4, 0.5) is 0 Å². The number of hydrogen-bond donors (Lipinski definition) is 2. The molecule has 1 fully saturated rings. The topological polar surface area (TPSA) is 71.8 Å². The van der Waals surface area contributed by atoms with E-state index in [0.717, 1.165) is 36.7 Å². The van der Waals surface area contributed by atoms with Crippen molar-refractivity contribution in [1.29, 1.82) is 0 Å². The Labute approximate surface area is 154 Å². The number of carbonyl (C=O) groups excluding carboxylic acids is 1. The molecule has 2 N–H and O–H groups in total. The maximum atomic E-state index is 12.0. The second-order valence-corrected chi connectivity index (χ2v) is 6.53. The smallest absolute Gasteiger partial charge is 0.224 e. The molecular weight excluding hydrogens is 338 g/mol. The Morgan fingerprint density at radius 2 is 2.08 bits per heavy atom. The van der Waals surface area contributed by atoms with E-state index in [-0.39, 0.29) is 18.3 Å². The van der Waals surface area contributed by atoms with Gasteiger partial charge in [0.05, 0.1) is 18.7 Å². The van der Waals surface area contributed by atoms with E-state index in [1.807, 2.05) is 13.1 Å². The number of aryl methyl sites for hydroxylation is 1. The summed E-state index contributed by atoms with van der Waals surface area (Å²) in [6.07, 6.45) is 4.67. The first-order chi connectivity index (χ1) is 11.7. The molecule has 0 radical (unpaired) electrons. The predicted molar refractivity (Wildman–Crippen MR) is 99.8 cm³/mol. The average Bonchev–Trinajstić information content (AvgIpc) is 3.21. The Balaban J connectivity index is 0.00000225. The van der Waals surface area contributed by atoms with E-state index >= 15 is 0 Å². The first-order valence-electron chi connectivity index (χ1n) is 8.61. The molecule has 6 nitrogen and oxygen atoms in total. The van der Waals surface area contributed by atoms with Crippen molar-refractivity contribution in [3.63, 3.8) is 0 Å². The van der Waals surface area contributed by atoms with Crippen LogP contribution >= 0.6 is 12.4 Å². The molecule has 2 heterocycles. The second kappa shape index (κ2) is 9.53. The Morgan fingerprint density at radius 3 is 2.72 bits per heavy atom. The van der Waals surface area contributed by atoms with Gasteiger partial charge in [-0.2, -0.15) is 0 Å². The third kappa shape index (κ3) is 6.14. The molecular formula is C18H26ClN5O. The third-order valence-corrected chi connectivity index (χ3v) is 4.39. The van der Waals surface area contributed by atoms with Crippen molar-refractivity contribution in [3.05, 3.63) is 47.3 Å². The van der Waals surface area contributed by atoms with Crippen molar-refractivity contribution in [3.8, 4) is 0 Å². The van der Waals surface area contributed by atoms with Crippen LogP contribution in [-0.2, 0) is 24.2 Å². The number of carbonyl (C=O) groups is 1. The van der Waals surface area contributed by atoms with Crippen molar-refractivity contribution in [2.24, 2.45) is 5.92 Å². The molecule has 1 saturated heterocycles. The first kappa shape index (κ1) is 19.4. The Hall–Kier alpha value is -1.92. The van der Waals surface area contributed by atoms with Gasteiger partial charge in [0.1, 0.15) is 0 Å². The molecule has 1 aliphatic heterocycles. The van der Waals surface area contributed by atoms with Crippen molar-refractivity contribution in [2.45, 2.75) is 32.7 Å². The fourth-order valence-corrected chi connectivity index (χ4v) is 3.08. The van der Waals surface area contributed by atoms with Crippen LogP contribution in [0.5, 0.6) is 0 Å². The number of aromatic nitrogens is 3. The van der Waals surface area contributed by atoms with Crippen LogP contribution < -0.4 is 10.6 Å². The van der Waals surface area contributed by atoms with Crippen LogP contribution in [0.3, 0.4) is 0 Å². The molecule has 7 heteroatoms. The van der Waals surface area contributed by atoms with E-state index < -0.39 is 0 Å². The van der Waals surface area contributed by atoms with Crippen molar-refractivity contribution < 1.29 is 4.79 Å². The van der Waals surface area contributed by atoms with Gasteiger partial charge < -0.3 is 10.6 Å². The number of rotatable bonds is 7. The van der Waals surface area contributed by atoms with Crippen LogP contribution in [0.15, 0.2) is 30.5 Å². The van der Waals surface area contributed by atoms with Gasteiger partial charge in [-0.3, -0.25) is 9.48 Å². The largest absolute Gasteiger partial charge is 0.354 e. The number of nitrogens with zero attached hydrogens (tertiary/aromatic N) is 3. The van der Waals surface area contributed by atoms with Crippen LogP contribution in [0, 0.1) is 12.8 Å². The maximum absolute atomic E-state index is 12.0. The number of amides is 1. The van der Waals surface area contributed by atoms with Gasteiger partial charge in [-0.05, 0) is 49.9 Å². The summed E-state index contributed by atoms with van der Waals surface area (Å²) in [6, 6.07) is 8.44. The Bertz CT molecular complexity index is 664. The molecule has 0 spiro atoms. The van der Waals surface area contributed by atoms with Gasteiger partial charge in [-0.15, -0.1) is 17.5 Å². The van der Waals surface area contributed by atoms with E-state index in [1.165, 1.54) is 12.0 Å². The molecule has 1 aromatic carbocycles. The van der Waals surface area contributed by atoms with E-state index in [4.69, 9.17) is 0 Å². The quantitative estimate of drug-likeness (QED) is 0.782. The lowest BCUT2D eigenvalue weighted by molar-refractivity contribution is -0.120. The molecule has 3 rings (SSSR count). The lowest BCUT2D eigenvalue weighted by Gasteiger charge is -2.09. The molecule has 1 atom stereocenters. The highest BCUT2D eigenvalue weighted by atomic mass is 35.5. The summed E-state index contributed by atoms with van der Waals surface area (Å²) in [6.45, 7) is 5.36. The fourth-order valence-electron chi connectivity index (χ4n) is 3.08. The highest BCUT2D eigenvalue weighted by molar-refractivity contribution is 5.85. The van der Waals surface area contributed by atoms with Gasteiger partial charge in [0.15, 0.2) is 0 Å². The highest BCUT2D eigenvalue weighted by Crippen LogP contribution is 2.15. The monoisotopic (exact) mass is 363 g/mol. The van der Waals surface area contributed by atoms with Gasteiger partial charge in [-0.1, -0.05) is 29.5 Å². The number of nitrogens with one attached hydrogen (secondary N) is 2. The zero-order chi connectivity index (χ0) is 16.8. The summed E-state index contributed by atoms with van der Waals surface area (Å²) in [4.78, 5) is 12.0. The normalized spacial score (nSPS) is 16.4. The molecule has 1 aliphatic rings. The summed E-state index contributed by atoms with van der Waals surface area (Å²) in [5.74, 6) is 0.791. The minimum absolute atomic E-state index is 0. The summed E-state index contributed by atoms with van der Waals surface area (Å²) in [5.41, 5.74) is 3.29. The zero-order valence-corrected chi connectivity index (χ0v) is 15.4. The molecule has 1 amide bonds. The summed E-state index contributed by atoms with van der Waals surface area (Å²) < 4.78 is 1.74. The minimum atomic E-state index is 0. The molecule has 0 saturated carbocycles. The van der Waals surface area contributed by atoms with Crippen molar-refractivity contribution in [1.82, 2.24) is 25.6 Å². The van der Waals surface area contributed by atoms with E-state index in [9.17, 15) is 4.79 Å². The Kier molecular flexibility index (Phi) is 7.40. The first-order valence-corrected chi connectivity index (χ1v) is 8.61. The average molecular weight is 364 g/mol. The van der Waals surface area contributed by atoms with Gasteiger partial charge in [0, 0.05) is 12.7 Å². The molecule has 1 aromatic heterocycles. The summed E-state index contributed by atoms with van der Waals surface area (Å²) >= 11 is 0. The second-order valence-electron chi connectivity index (χ2n) is 6.53. The summed E-state index contributed by atoms with van der Waals surface area (Å²) in [5, 5.41) is 14.2. The SMILES string of the molecule is Cc1cn(CCNC(=O)Cc2ccc(CC3CCNC3)cc2)nn1.Cl. The molecule has 0 aliphatic carbocycles. The zero-order valence-electron chi connectivity index (χ0n) is 14.6. The molecule has 2 aromatic rings. The van der Waals surface area contributed by atoms with Crippen LogP contribution in [0.1, 0.15) is 23.2 Å². The van der Waals surface area contributed by atoms with Crippen molar-refractivity contribution >= 4 is 18.3 Å². The Morgan fingerprint density at radius 1 is 1.32 bits per heavy atom. The molecule has 1 unspecified atom stereocenters. The molecule has 0 bridgehead atoms. The van der Waals surface area contributed by atoms with Crippen LogP contribution in [-0.4, -0.2) is 40.5 Å². The van der Waals surface area contributed by atoms with Gasteiger partial charge >= 0.3 is 0 Å². The van der Waals surface area contributed by atoms with E-state index in [0.29, 0.717) is 19.5 Å². The minimum Gasteiger partial charge on any atom is -0.354 e. The number of halogens is 1. The molecule has 136 valence electrons. The van der Waals surface area contributed by atoms with Gasteiger partial charge in [0.25, 0.3) is 0 Å². The van der Waals surface area contributed by atoms with Gasteiger partial charge in [-0.25, -0.2) is 0 Å². The van der Waals surface area contributed by atoms with E-state index in [1.54, 1.807) is 4.68 Å².